The normalized spacial score (nSPS) is 11.8. The summed E-state index contributed by atoms with van der Waals surface area (Å²) in [4.78, 5) is 18.4. The zero-order valence-electron chi connectivity index (χ0n) is 14.2. The molecule has 142 valence electrons. The SMILES string of the molecule is O=C(O)c1cccc(Cc2c(-c3ccsc3)[nH]c3cc(C(F)(F)F)ccc23)n1. The Morgan fingerprint density at radius 3 is 2.68 bits per heavy atom. The van der Waals surface area contributed by atoms with Gasteiger partial charge in [0.05, 0.1) is 11.3 Å². The van der Waals surface area contributed by atoms with E-state index in [1.807, 2.05) is 16.8 Å². The Kier molecular flexibility index (Phi) is 4.43. The molecule has 8 heteroatoms. The average Bonchev–Trinajstić information content (AvgIpc) is 3.29. The van der Waals surface area contributed by atoms with E-state index in [0.29, 0.717) is 22.3 Å². The highest BCUT2D eigenvalue weighted by Gasteiger charge is 2.31. The van der Waals surface area contributed by atoms with Gasteiger partial charge in [0, 0.05) is 34.0 Å². The first-order valence-electron chi connectivity index (χ1n) is 8.26. The van der Waals surface area contributed by atoms with Crippen molar-refractivity contribution in [3.05, 3.63) is 75.7 Å². The van der Waals surface area contributed by atoms with E-state index in [1.165, 1.54) is 23.5 Å². The molecular weight excluding hydrogens is 389 g/mol. The first-order valence-corrected chi connectivity index (χ1v) is 9.21. The fourth-order valence-electron chi connectivity index (χ4n) is 3.15. The van der Waals surface area contributed by atoms with Gasteiger partial charge in [-0.05, 0) is 41.3 Å². The minimum atomic E-state index is -4.43. The van der Waals surface area contributed by atoms with E-state index < -0.39 is 17.7 Å². The number of aromatic nitrogens is 2. The van der Waals surface area contributed by atoms with Crippen LogP contribution in [0.5, 0.6) is 0 Å². The molecule has 0 aliphatic heterocycles. The monoisotopic (exact) mass is 402 g/mol. The minimum absolute atomic E-state index is 0.0752. The summed E-state index contributed by atoms with van der Waals surface area (Å²) < 4.78 is 39.3. The van der Waals surface area contributed by atoms with E-state index >= 15 is 0 Å². The topological polar surface area (TPSA) is 66.0 Å². The number of carbonyl (C=O) groups is 1. The van der Waals surface area contributed by atoms with Gasteiger partial charge >= 0.3 is 12.1 Å². The lowest BCUT2D eigenvalue weighted by atomic mass is 10.0. The van der Waals surface area contributed by atoms with E-state index in [2.05, 4.69) is 9.97 Å². The van der Waals surface area contributed by atoms with Gasteiger partial charge in [0.2, 0.25) is 0 Å². The number of fused-ring (bicyclic) bond motifs is 1. The fraction of sp³-hybridized carbons (Fsp3) is 0.100. The molecule has 0 atom stereocenters. The number of nitrogens with zero attached hydrogens (tertiary/aromatic N) is 1. The molecule has 0 aliphatic carbocycles. The lowest BCUT2D eigenvalue weighted by Gasteiger charge is -2.07. The van der Waals surface area contributed by atoms with E-state index in [1.54, 1.807) is 12.1 Å². The molecule has 0 fully saturated rings. The van der Waals surface area contributed by atoms with Crippen molar-refractivity contribution in [1.29, 1.82) is 0 Å². The molecule has 4 rings (SSSR count). The van der Waals surface area contributed by atoms with Crippen molar-refractivity contribution >= 4 is 28.2 Å². The molecule has 0 saturated heterocycles. The Balaban J connectivity index is 1.87. The van der Waals surface area contributed by atoms with Gasteiger partial charge in [-0.15, -0.1) is 0 Å². The highest BCUT2D eigenvalue weighted by molar-refractivity contribution is 7.08. The standard InChI is InChI=1S/C20H13F3N2O2S/c21-20(22,23)12-4-5-14-15(9-13-2-1-3-16(24-13)19(26)27)18(25-17(14)8-12)11-6-7-28-10-11/h1-8,10,25H,9H2,(H,26,27). The summed E-state index contributed by atoms with van der Waals surface area (Å²) in [6.45, 7) is 0. The lowest BCUT2D eigenvalue weighted by Crippen LogP contribution is -2.04. The average molecular weight is 402 g/mol. The molecule has 0 amide bonds. The molecule has 3 heterocycles. The van der Waals surface area contributed by atoms with Crippen LogP contribution in [0.25, 0.3) is 22.2 Å². The number of aromatic amines is 1. The zero-order chi connectivity index (χ0) is 19.9. The van der Waals surface area contributed by atoms with Crippen LogP contribution in [-0.2, 0) is 12.6 Å². The maximum atomic E-state index is 13.1. The molecule has 0 radical (unpaired) electrons. The number of nitrogens with one attached hydrogen (secondary N) is 1. The van der Waals surface area contributed by atoms with Crippen molar-refractivity contribution in [1.82, 2.24) is 9.97 Å². The van der Waals surface area contributed by atoms with Gasteiger partial charge in [0.1, 0.15) is 5.69 Å². The van der Waals surface area contributed by atoms with Gasteiger partial charge in [-0.3, -0.25) is 0 Å². The number of pyridine rings is 1. The summed E-state index contributed by atoms with van der Waals surface area (Å²) in [5.74, 6) is -1.13. The zero-order valence-corrected chi connectivity index (χ0v) is 15.1. The highest BCUT2D eigenvalue weighted by atomic mass is 32.1. The van der Waals surface area contributed by atoms with Crippen LogP contribution < -0.4 is 0 Å². The highest BCUT2D eigenvalue weighted by Crippen LogP contribution is 2.36. The quantitative estimate of drug-likeness (QED) is 0.467. The van der Waals surface area contributed by atoms with Crippen molar-refractivity contribution in [3.63, 3.8) is 0 Å². The molecule has 0 bridgehead atoms. The van der Waals surface area contributed by atoms with Crippen LogP contribution in [0.2, 0.25) is 0 Å². The Labute approximate surface area is 161 Å². The number of rotatable bonds is 4. The van der Waals surface area contributed by atoms with Gasteiger partial charge in [-0.25, -0.2) is 9.78 Å². The number of carboxylic acid groups (broad SMARTS) is 1. The third kappa shape index (κ3) is 3.38. The predicted octanol–water partition coefficient (Wildman–Crippen LogP) is 5.60. The van der Waals surface area contributed by atoms with Crippen molar-refractivity contribution in [2.75, 3.05) is 0 Å². The molecule has 0 spiro atoms. The molecule has 3 aromatic heterocycles. The second kappa shape index (κ2) is 6.79. The van der Waals surface area contributed by atoms with Crippen LogP contribution in [0.3, 0.4) is 0 Å². The summed E-state index contributed by atoms with van der Waals surface area (Å²) in [5, 5.41) is 13.6. The Hall–Kier alpha value is -3.13. The van der Waals surface area contributed by atoms with E-state index in [9.17, 15) is 18.0 Å². The van der Waals surface area contributed by atoms with Crippen LogP contribution in [-0.4, -0.2) is 21.0 Å². The van der Waals surface area contributed by atoms with E-state index in [-0.39, 0.29) is 12.1 Å². The number of hydrogen-bond donors (Lipinski definition) is 2. The van der Waals surface area contributed by atoms with Gasteiger partial charge in [0.15, 0.2) is 0 Å². The predicted molar refractivity (Wildman–Crippen MR) is 101 cm³/mol. The van der Waals surface area contributed by atoms with Crippen LogP contribution in [0.15, 0.2) is 53.2 Å². The molecular formula is C20H13F3N2O2S. The van der Waals surface area contributed by atoms with Crippen LogP contribution in [0.1, 0.15) is 27.3 Å². The van der Waals surface area contributed by atoms with Crippen LogP contribution in [0.4, 0.5) is 13.2 Å². The largest absolute Gasteiger partial charge is 0.477 e. The Morgan fingerprint density at radius 2 is 2.00 bits per heavy atom. The molecule has 28 heavy (non-hydrogen) atoms. The van der Waals surface area contributed by atoms with Gasteiger partial charge in [-0.2, -0.15) is 24.5 Å². The Bertz CT molecular complexity index is 1160. The molecule has 0 unspecified atom stereocenters. The fourth-order valence-corrected chi connectivity index (χ4v) is 3.79. The first kappa shape index (κ1) is 18.2. The number of carboxylic acids is 1. The third-order valence-corrected chi connectivity index (χ3v) is 5.11. The molecule has 2 N–H and O–H groups in total. The summed E-state index contributed by atoms with van der Waals surface area (Å²) >= 11 is 1.48. The van der Waals surface area contributed by atoms with Crippen molar-refractivity contribution in [2.45, 2.75) is 12.6 Å². The number of H-pyrrole nitrogens is 1. The number of halogens is 3. The number of benzene rings is 1. The van der Waals surface area contributed by atoms with Crippen molar-refractivity contribution < 1.29 is 23.1 Å². The van der Waals surface area contributed by atoms with Crippen molar-refractivity contribution in [2.24, 2.45) is 0 Å². The molecule has 4 nitrogen and oxygen atoms in total. The molecule has 1 aromatic carbocycles. The molecule has 4 aromatic rings. The molecule has 0 aliphatic rings. The Morgan fingerprint density at radius 1 is 1.18 bits per heavy atom. The van der Waals surface area contributed by atoms with Gasteiger partial charge < -0.3 is 10.1 Å². The van der Waals surface area contributed by atoms with E-state index in [4.69, 9.17) is 5.11 Å². The van der Waals surface area contributed by atoms with Gasteiger partial charge in [-0.1, -0.05) is 12.1 Å². The number of hydrogen-bond acceptors (Lipinski definition) is 3. The smallest absolute Gasteiger partial charge is 0.416 e. The van der Waals surface area contributed by atoms with E-state index in [0.717, 1.165) is 23.3 Å². The number of alkyl halides is 3. The summed E-state index contributed by atoms with van der Waals surface area (Å²) in [6.07, 6.45) is -4.14. The summed E-state index contributed by atoms with van der Waals surface area (Å²) in [5.41, 5.74) is 2.44. The first-order chi connectivity index (χ1) is 13.3. The third-order valence-electron chi connectivity index (χ3n) is 4.43. The minimum Gasteiger partial charge on any atom is -0.477 e. The molecule has 0 saturated carbocycles. The lowest BCUT2D eigenvalue weighted by molar-refractivity contribution is -0.137. The van der Waals surface area contributed by atoms with Crippen LogP contribution >= 0.6 is 11.3 Å². The van der Waals surface area contributed by atoms with Gasteiger partial charge in [0.25, 0.3) is 0 Å². The number of aromatic carboxylic acids is 1. The second-order valence-corrected chi connectivity index (χ2v) is 7.02. The summed E-state index contributed by atoms with van der Waals surface area (Å²) in [6, 6.07) is 10.2. The second-order valence-electron chi connectivity index (χ2n) is 6.24. The van der Waals surface area contributed by atoms with Crippen LogP contribution in [0, 0.1) is 0 Å². The summed E-state index contributed by atoms with van der Waals surface area (Å²) in [7, 11) is 0. The van der Waals surface area contributed by atoms with Crippen molar-refractivity contribution in [3.8, 4) is 11.3 Å². The number of thiophene rings is 1. The maximum absolute atomic E-state index is 13.1. The maximum Gasteiger partial charge on any atom is 0.416 e.